The van der Waals surface area contributed by atoms with Crippen LogP contribution in [-0.2, 0) is 6.54 Å². The molecule has 4 rings (SSSR count). The summed E-state index contributed by atoms with van der Waals surface area (Å²) in [7, 11) is 0. The van der Waals surface area contributed by atoms with Gasteiger partial charge in [0.25, 0.3) is 5.91 Å². The molecule has 2 heterocycles. The molecule has 0 saturated heterocycles. The zero-order valence-electron chi connectivity index (χ0n) is 16.1. The van der Waals surface area contributed by atoms with E-state index in [-0.39, 0.29) is 17.1 Å². The van der Waals surface area contributed by atoms with Gasteiger partial charge in [-0.05, 0) is 29.8 Å². The third-order valence-corrected chi connectivity index (χ3v) is 5.04. The number of benzene rings is 2. The van der Waals surface area contributed by atoms with Crippen molar-refractivity contribution >= 4 is 40.3 Å². The van der Waals surface area contributed by atoms with Crippen LogP contribution < -0.4 is 0 Å². The van der Waals surface area contributed by atoms with Crippen molar-refractivity contribution in [1.82, 2.24) is 9.55 Å². The molecule has 9 heteroatoms. The minimum atomic E-state index is -0.623. The fraction of sp³-hybridized carbons (Fsp3) is 0.0455. The van der Waals surface area contributed by atoms with Gasteiger partial charge in [0.05, 0.1) is 29.5 Å². The molecular weight excluding hydrogens is 418 g/mol. The Morgan fingerprint density at radius 1 is 1.10 bits per heavy atom. The van der Waals surface area contributed by atoms with E-state index in [1.165, 1.54) is 18.3 Å². The number of hydrogen-bond acceptors (Lipinski definition) is 6. The minimum absolute atomic E-state index is 0.120. The maximum Gasteiger partial charge on any atom is 0.296 e. The molecule has 31 heavy (non-hydrogen) atoms. The summed E-state index contributed by atoms with van der Waals surface area (Å²) in [4.78, 5) is 16.4. The lowest BCUT2D eigenvalue weighted by Crippen LogP contribution is -1.99. The van der Waals surface area contributed by atoms with Crippen LogP contribution in [0.25, 0.3) is 10.9 Å². The monoisotopic (exact) mass is 433 g/mol. The second-order valence-corrected chi connectivity index (χ2v) is 7.00. The molecule has 2 aromatic heterocycles. The van der Waals surface area contributed by atoms with Gasteiger partial charge in [-0.2, -0.15) is 0 Å². The van der Waals surface area contributed by atoms with Gasteiger partial charge in [0.1, 0.15) is 0 Å². The van der Waals surface area contributed by atoms with Crippen LogP contribution in [0.3, 0.4) is 0 Å². The molecule has 0 aliphatic rings. The highest BCUT2D eigenvalue weighted by molar-refractivity contribution is 6.31. The average Bonchev–Trinajstić information content (AvgIpc) is 3.05. The fourth-order valence-corrected chi connectivity index (χ4v) is 3.34. The molecule has 2 N–H and O–H groups in total. The molecule has 0 fully saturated rings. The molecule has 0 saturated carbocycles. The highest BCUT2D eigenvalue weighted by Crippen LogP contribution is 2.39. The van der Waals surface area contributed by atoms with E-state index in [4.69, 9.17) is 16.8 Å². The van der Waals surface area contributed by atoms with Gasteiger partial charge in [-0.3, -0.25) is 9.78 Å². The molecule has 0 atom stereocenters. The molecule has 2 aromatic carbocycles. The van der Waals surface area contributed by atoms with Crippen LogP contribution in [0.4, 0.5) is 5.69 Å². The third-order valence-electron chi connectivity index (χ3n) is 4.67. The summed E-state index contributed by atoms with van der Waals surface area (Å²) in [6.45, 7) is 0.327. The number of hydrogen-bond donors (Lipinski definition) is 2. The standard InChI is InChI=1S/C22H16ClN5O3/c23-18-7-3-1-5-15(18)13-28-19-8-4-2-6-17(19)20(22(28)30)26-27-21(29)14-9-10-16(12-25-31)24-11-14/h1-12,30-31H,13H2/b25-12-,27-26?. The van der Waals surface area contributed by atoms with E-state index < -0.39 is 5.91 Å². The first kappa shape index (κ1) is 20.2. The summed E-state index contributed by atoms with van der Waals surface area (Å²) in [6, 6.07) is 17.7. The number of aromatic nitrogens is 2. The first-order valence-electron chi connectivity index (χ1n) is 9.21. The fourth-order valence-electron chi connectivity index (χ4n) is 3.15. The SMILES string of the molecule is O=C(N=Nc1c(O)n(Cc2ccccc2Cl)c2ccccc12)c1ccc(/C=N\O)nc1. The van der Waals surface area contributed by atoms with Crippen molar-refractivity contribution in [2.24, 2.45) is 15.4 Å². The summed E-state index contributed by atoms with van der Waals surface area (Å²) < 4.78 is 1.67. The number of azo groups is 1. The van der Waals surface area contributed by atoms with E-state index in [1.54, 1.807) is 16.7 Å². The van der Waals surface area contributed by atoms with Crippen molar-refractivity contribution in [3.63, 3.8) is 0 Å². The molecular formula is C22H16ClN5O3. The van der Waals surface area contributed by atoms with Crippen molar-refractivity contribution in [2.75, 3.05) is 0 Å². The number of fused-ring (bicyclic) bond motifs is 1. The van der Waals surface area contributed by atoms with E-state index in [1.807, 2.05) is 36.4 Å². The Balaban J connectivity index is 1.68. The maximum absolute atomic E-state index is 12.4. The lowest BCUT2D eigenvalue weighted by atomic mass is 10.2. The summed E-state index contributed by atoms with van der Waals surface area (Å²) >= 11 is 6.28. The van der Waals surface area contributed by atoms with Crippen molar-refractivity contribution in [1.29, 1.82) is 0 Å². The highest BCUT2D eigenvalue weighted by atomic mass is 35.5. The van der Waals surface area contributed by atoms with E-state index in [0.717, 1.165) is 17.3 Å². The lowest BCUT2D eigenvalue weighted by Gasteiger charge is -2.08. The van der Waals surface area contributed by atoms with Crippen LogP contribution in [0.5, 0.6) is 5.88 Å². The number of halogens is 1. The number of pyridine rings is 1. The molecule has 8 nitrogen and oxygen atoms in total. The minimum Gasteiger partial charge on any atom is -0.493 e. The second kappa shape index (κ2) is 8.76. The molecule has 154 valence electrons. The van der Waals surface area contributed by atoms with Gasteiger partial charge >= 0.3 is 0 Å². The Hall–Kier alpha value is -4.04. The Bertz CT molecular complexity index is 1310. The second-order valence-electron chi connectivity index (χ2n) is 6.59. The number of carbonyl (C=O) groups excluding carboxylic acids is 1. The predicted octanol–water partition coefficient (Wildman–Crippen LogP) is 5.18. The average molecular weight is 434 g/mol. The predicted molar refractivity (Wildman–Crippen MR) is 117 cm³/mol. The Kier molecular flexibility index (Phi) is 5.72. The van der Waals surface area contributed by atoms with Crippen LogP contribution in [0.2, 0.25) is 5.02 Å². The normalized spacial score (nSPS) is 11.6. The van der Waals surface area contributed by atoms with E-state index in [9.17, 15) is 9.90 Å². The largest absolute Gasteiger partial charge is 0.493 e. The highest BCUT2D eigenvalue weighted by Gasteiger charge is 2.18. The summed E-state index contributed by atoms with van der Waals surface area (Å²) in [5.41, 5.74) is 2.34. The number of para-hydroxylation sites is 1. The Labute approximate surface area is 181 Å². The molecule has 0 spiro atoms. The van der Waals surface area contributed by atoms with Crippen molar-refractivity contribution < 1.29 is 15.1 Å². The van der Waals surface area contributed by atoms with Gasteiger partial charge in [0.2, 0.25) is 5.88 Å². The first-order chi connectivity index (χ1) is 15.1. The van der Waals surface area contributed by atoms with Crippen LogP contribution >= 0.6 is 11.6 Å². The summed E-state index contributed by atoms with van der Waals surface area (Å²) in [6.07, 6.45) is 2.45. The number of aromatic hydroxyl groups is 1. The number of nitrogens with zero attached hydrogens (tertiary/aromatic N) is 5. The number of rotatable bonds is 5. The van der Waals surface area contributed by atoms with Crippen LogP contribution in [0, 0.1) is 0 Å². The molecule has 0 unspecified atom stereocenters. The van der Waals surface area contributed by atoms with Crippen LogP contribution in [0.1, 0.15) is 21.6 Å². The van der Waals surface area contributed by atoms with Gasteiger partial charge in [-0.25, -0.2) is 0 Å². The van der Waals surface area contributed by atoms with Gasteiger partial charge < -0.3 is 14.9 Å². The zero-order chi connectivity index (χ0) is 21.8. The zero-order valence-corrected chi connectivity index (χ0v) is 16.8. The van der Waals surface area contributed by atoms with Gasteiger partial charge in [-0.15, -0.1) is 10.2 Å². The molecule has 0 aliphatic heterocycles. The molecule has 0 radical (unpaired) electrons. The van der Waals surface area contributed by atoms with E-state index >= 15 is 0 Å². The third kappa shape index (κ3) is 4.15. The quantitative estimate of drug-likeness (QED) is 0.195. The van der Waals surface area contributed by atoms with Crippen LogP contribution in [-0.4, -0.2) is 32.0 Å². The van der Waals surface area contributed by atoms with Crippen LogP contribution in [0.15, 0.2) is 82.2 Å². The van der Waals surface area contributed by atoms with E-state index in [0.29, 0.717) is 22.6 Å². The maximum atomic E-state index is 12.4. The van der Waals surface area contributed by atoms with Crippen molar-refractivity contribution in [2.45, 2.75) is 6.54 Å². The molecule has 0 aliphatic carbocycles. The molecule has 4 aromatic rings. The number of oxime groups is 1. The lowest BCUT2D eigenvalue weighted by molar-refractivity contribution is 0.0994. The first-order valence-corrected chi connectivity index (χ1v) is 9.59. The van der Waals surface area contributed by atoms with Crippen molar-refractivity contribution in [3.8, 4) is 5.88 Å². The van der Waals surface area contributed by atoms with Crippen molar-refractivity contribution in [3.05, 3.63) is 88.7 Å². The number of carbonyl (C=O) groups is 1. The topological polar surface area (TPSA) is 112 Å². The van der Waals surface area contributed by atoms with E-state index in [2.05, 4.69) is 20.4 Å². The summed E-state index contributed by atoms with van der Waals surface area (Å²) in [5, 5.41) is 31.3. The molecule has 0 bridgehead atoms. The van der Waals surface area contributed by atoms with Gasteiger partial charge in [-0.1, -0.05) is 53.2 Å². The Morgan fingerprint density at radius 2 is 1.87 bits per heavy atom. The van der Waals surface area contributed by atoms with Gasteiger partial charge in [0.15, 0.2) is 5.69 Å². The smallest absolute Gasteiger partial charge is 0.296 e. The number of amides is 1. The Morgan fingerprint density at radius 3 is 2.61 bits per heavy atom. The molecule has 1 amide bonds. The van der Waals surface area contributed by atoms with Gasteiger partial charge in [0, 0.05) is 16.6 Å². The summed E-state index contributed by atoms with van der Waals surface area (Å²) in [5.74, 6) is -0.743.